The van der Waals surface area contributed by atoms with Crippen molar-refractivity contribution in [2.45, 2.75) is 52.1 Å². The van der Waals surface area contributed by atoms with Gasteiger partial charge in [0.1, 0.15) is 0 Å². The van der Waals surface area contributed by atoms with Crippen molar-refractivity contribution in [2.75, 3.05) is 13.1 Å². The van der Waals surface area contributed by atoms with Gasteiger partial charge in [0.25, 0.3) is 0 Å². The minimum atomic E-state index is 0.235. The van der Waals surface area contributed by atoms with Crippen molar-refractivity contribution < 1.29 is 0 Å². The fraction of sp³-hybridized carbons (Fsp3) is 0.647. The Morgan fingerprint density at radius 3 is 2.47 bits per heavy atom. The Balaban J connectivity index is 2.19. The zero-order chi connectivity index (χ0) is 13.8. The van der Waals surface area contributed by atoms with Crippen LogP contribution in [0.15, 0.2) is 24.3 Å². The second-order valence-electron chi connectivity index (χ2n) is 5.99. The molecule has 0 spiro atoms. The third-order valence-electron chi connectivity index (χ3n) is 4.58. The molecule has 19 heavy (non-hydrogen) atoms. The smallest absolute Gasteiger partial charge is 0.0499 e. The summed E-state index contributed by atoms with van der Waals surface area (Å²) in [7, 11) is 0. The lowest BCUT2D eigenvalue weighted by Crippen LogP contribution is -2.39. The number of nitrogens with two attached hydrogens (primary N) is 1. The summed E-state index contributed by atoms with van der Waals surface area (Å²) in [5, 5.41) is 0. The summed E-state index contributed by atoms with van der Waals surface area (Å²) in [5.41, 5.74) is 9.12. The van der Waals surface area contributed by atoms with E-state index in [-0.39, 0.29) is 6.04 Å². The molecule has 1 aliphatic rings. The summed E-state index contributed by atoms with van der Waals surface area (Å²) in [5.74, 6) is 0.858. The Morgan fingerprint density at radius 2 is 1.95 bits per heavy atom. The predicted octanol–water partition coefficient (Wildman–Crippen LogP) is 3.51. The summed E-state index contributed by atoms with van der Waals surface area (Å²) in [6.07, 6.45) is 3.65. The summed E-state index contributed by atoms with van der Waals surface area (Å²) >= 11 is 0. The Hall–Kier alpha value is -0.860. The maximum atomic E-state index is 6.41. The van der Waals surface area contributed by atoms with E-state index in [0.29, 0.717) is 6.04 Å². The summed E-state index contributed by atoms with van der Waals surface area (Å²) in [4.78, 5) is 2.60. The van der Waals surface area contributed by atoms with Crippen LogP contribution in [0.25, 0.3) is 0 Å². The Morgan fingerprint density at radius 1 is 1.26 bits per heavy atom. The van der Waals surface area contributed by atoms with Crippen LogP contribution in [0.5, 0.6) is 0 Å². The largest absolute Gasteiger partial charge is 0.326 e. The number of hydrogen-bond acceptors (Lipinski definition) is 2. The van der Waals surface area contributed by atoms with Gasteiger partial charge in [0, 0.05) is 18.6 Å². The molecular formula is C17H28N2. The third-order valence-corrected chi connectivity index (χ3v) is 4.58. The molecule has 1 saturated heterocycles. The lowest BCUT2D eigenvalue weighted by molar-refractivity contribution is 0.201. The topological polar surface area (TPSA) is 29.3 Å². The molecular weight excluding hydrogens is 232 g/mol. The second-order valence-corrected chi connectivity index (χ2v) is 5.99. The highest BCUT2D eigenvalue weighted by Crippen LogP contribution is 2.31. The van der Waals surface area contributed by atoms with E-state index in [2.05, 4.69) is 49.9 Å². The van der Waals surface area contributed by atoms with Crippen LogP contribution in [0.3, 0.4) is 0 Å². The molecule has 1 fully saturated rings. The maximum Gasteiger partial charge on any atom is 0.0499 e. The van der Waals surface area contributed by atoms with Crippen molar-refractivity contribution >= 4 is 0 Å². The van der Waals surface area contributed by atoms with Crippen LogP contribution in [0.4, 0.5) is 0 Å². The van der Waals surface area contributed by atoms with Gasteiger partial charge in [-0.2, -0.15) is 0 Å². The molecule has 0 aliphatic carbocycles. The Labute approximate surface area is 118 Å². The van der Waals surface area contributed by atoms with Crippen molar-refractivity contribution in [1.29, 1.82) is 0 Å². The fourth-order valence-electron chi connectivity index (χ4n) is 3.16. The Bertz CT molecular complexity index is 385. The zero-order valence-electron chi connectivity index (χ0n) is 12.6. The first-order valence-electron chi connectivity index (χ1n) is 7.71. The molecule has 0 saturated carbocycles. The predicted molar refractivity (Wildman–Crippen MR) is 82.2 cm³/mol. The number of hydrogen-bond donors (Lipinski definition) is 1. The second kappa shape index (κ2) is 6.53. The molecule has 2 heteroatoms. The summed E-state index contributed by atoms with van der Waals surface area (Å²) in [6, 6.07) is 9.56. The van der Waals surface area contributed by atoms with Crippen LogP contribution in [0, 0.1) is 12.8 Å². The van der Waals surface area contributed by atoms with Gasteiger partial charge in [0.15, 0.2) is 0 Å². The average Bonchev–Trinajstić information content (AvgIpc) is 2.89. The molecule has 106 valence electrons. The van der Waals surface area contributed by atoms with Crippen molar-refractivity contribution in [3.63, 3.8) is 0 Å². The first-order valence-corrected chi connectivity index (χ1v) is 7.71. The lowest BCUT2D eigenvalue weighted by atomic mass is 9.95. The van der Waals surface area contributed by atoms with E-state index >= 15 is 0 Å². The third kappa shape index (κ3) is 3.37. The van der Waals surface area contributed by atoms with E-state index in [9.17, 15) is 0 Å². The minimum absolute atomic E-state index is 0.235. The number of likely N-dealkylation sites (tertiary alicyclic amines) is 1. The van der Waals surface area contributed by atoms with Crippen LogP contribution >= 0.6 is 0 Å². The van der Waals surface area contributed by atoms with Crippen LogP contribution in [0.2, 0.25) is 0 Å². The minimum Gasteiger partial charge on any atom is -0.326 e. The van der Waals surface area contributed by atoms with Crippen molar-refractivity contribution in [3.05, 3.63) is 35.4 Å². The van der Waals surface area contributed by atoms with Gasteiger partial charge in [-0.1, -0.05) is 50.1 Å². The van der Waals surface area contributed by atoms with E-state index in [1.807, 2.05) is 0 Å². The van der Waals surface area contributed by atoms with Gasteiger partial charge in [-0.25, -0.2) is 0 Å². The zero-order valence-corrected chi connectivity index (χ0v) is 12.6. The number of rotatable bonds is 5. The first kappa shape index (κ1) is 14.5. The monoisotopic (exact) mass is 260 g/mol. The highest BCUT2D eigenvalue weighted by Gasteiger charge is 2.31. The van der Waals surface area contributed by atoms with E-state index in [1.54, 1.807) is 0 Å². The van der Waals surface area contributed by atoms with Crippen LogP contribution < -0.4 is 5.73 Å². The van der Waals surface area contributed by atoms with Gasteiger partial charge in [0.2, 0.25) is 0 Å². The Kier molecular flexibility index (Phi) is 5.00. The highest BCUT2D eigenvalue weighted by molar-refractivity contribution is 5.25. The fourth-order valence-corrected chi connectivity index (χ4v) is 3.16. The van der Waals surface area contributed by atoms with Gasteiger partial charge in [-0.3, -0.25) is 4.90 Å². The lowest BCUT2D eigenvalue weighted by Gasteiger charge is -2.33. The molecule has 0 bridgehead atoms. The van der Waals surface area contributed by atoms with Crippen molar-refractivity contribution in [3.8, 4) is 0 Å². The first-order chi connectivity index (χ1) is 9.15. The SMILES string of the molecule is CCC1CCN(C(c2ccc(C)cc2)C(N)CC)C1. The molecule has 1 aromatic rings. The molecule has 3 unspecified atom stereocenters. The number of aryl methyl sites for hydroxylation is 1. The van der Waals surface area contributed by atoms with Crippen LogP contribution in [-0.4, -0.2) is 24.0 Å². The van der Waals surface area contributed by atoms with Crippen molar-refractivity contribution in [2.24, 2.45) is 11.7 Å². The molecule has 0 amide bonds. The van der Waals surface area contributed by atoms with E-state index in [4.69, 9.17) is 5.73 Å². The molecule has 1 aromatic carbocycles. The van der Waals surface area contributed by atoms with Gasteiger partial charge in [-0.15, -0.1) is 0 Å². The molecule has 0 aromatic heterocycles. The summed E-state index contributed by atoms with van der Waals surface area (Å²) < 4.78 is 0. The van der Waals surface area contributed by atoms with Gasteiger partial charge in [0.05, 0.1) is 0 Å². The highest BCUT2D eigenvalue weighted by atomic mass is 15.2. The van der Waals surface area contributed by atoms with Crippen LogP contribution in [0.1, 0.15) is 50.3 Å². The van der Waals surface area contributed by atoms with Crippen molar-refractivity contribution in [1.82, 2.24) is 4.90 Å². The van der Waals surface area contributed by atoms with Gasteiger partial charge in [-0.05, 0) is 37.8 Å². The normalized spacial score (nSPS) is 23.5. The maximum absolute atomic E-state index is 6.41. The quantitative estimate of drug-likeness (QED) is 0.878. The average molecular weight is 260 g/mol. The van der Waals surface area contributed by atoms with Gasteiger partial charge >= 0.3 is 0 Å². The number of nitrogens with zero attached hydrogens (tertiary/aromatic N) is 1. The molecule has 2 rings (SSSR count). The molecule has 0 radical (unpaired) electrons. The van der Waals surface area contributed by atoms with Gasteiger partial charge < -0.3 is 5.73 Å². The summed E-state index contributed by atoms with van der Waals surface area (Å²) in [6.45, 7) is 9.04. The van der Waals surface area contributed by atoms with E-state index in [0.717, 1.165) is 12.3 Å². The standard InChI is InChI=1S/C17H28N2/c1-4-14-10-11-19(12-14)17(16(18)5-2)15-8-6-13(3)7-9-15/h6-9,14,16-17H,4-5,10-12,18H2,1-3H3. The molecule has 3 atom stereocenters. The molecule has 2 N–H and O–H groups in total. The van der Waals surface area contributed by atoms with E-state index < -0.39 is 0 Å². The molecule has 1 aliphatic heterocycles. The van der Waals surface area contributed by atoms with E-state index in [1.165, 1.54) is 37.1 Å². The molecule has 2 nitrogen and oxygen atoms in total. The van der Waals surface area contributed by atoms with Crippen LogP contribution in [-0.2, 0) is 0 Å². The number of benzene rings is 1. The molecule has 1 heterocycles.